The lowest BCUT2D eigenvalue weighted by atomic mass is 9.82. The van der Waals surface area contributed by atoms with Crippen LogP contribution in [0.25, 0.3) is 11.3 Å². The summed E-state index contributed by atoms with van der Waals surface area (Å²) in [6.07, 6.45) is 1.74. The number of anilines is 1. The molecule has 1 unspecified atom stereocenters. The number of hydrogen-bond donors (Lipinski definition) is 3. The van der Waals surface area contributed by atoms with Crippen molar-refractivity contribution in [3.8, 4) is 17.3 Å². The number of rotatable bonds is 14. The van der Waals surface area contributed by atoms with E-state index in [1.54, 1.807) is 49.6 Å². The minimum absolute atomic E-state index is 0.149. The Morgan fingerprint density at radius 3 is 2.56 bits per heavy atom. The van der Waals surface area contributed by atoms with E-state index in [-0.39, 0.29) is 17.9 Å². The summed E-state index contributed by atoms with van der Waals surface area (Å²) in [6.45, 7) is 7.80. The molecule has 50 heavy (non-hydrogen) atoms. The predicted octanol–water partition coefficient (Wildman–Crippen LogP) is 7.83. The van der Waals surface area contributed by atoms with Gasteiger partial charge in [0.1, 0.15) is 23.6 Å². The van der Waals surface area contributed by atoms with E-state index < -0.39 is 35.4 Å². The lowest BCUT2D eigenvalue weighted by molar-refractivity contribution is -0.0117. The van der Waals surface area contributed by atoms with Gasteiger partial charge in [0.15, 0.2) is 11.9 Å². The number of carbonyl (C=O) groups excluding carboxylic acids is 1. The molecule has 0 spiro atoms. The van der Waals surface area contributed by atoms with Crippen LogP contribution in [0.4, 0.5) is 19.3 Å². The molecule has 260 valence electrons. The van der Waals surface area contributed by atoms with Crippen molar-refractivity contribution >= 4 is 23.1 Å². The Morgan fingerprint density at radius 1 is 1.10 bits per heavy atom. The van der Waals surface area contributed by atoms with Crippen LogP contribution in [0.5, 0.6) is 0 Å². The second-order valence-corrected chi connectivity index (χ2v) is 12.9. The largest absolute Gasteiger partial charge is 0.438 e. The highest BCUT2D eigenvalue weighted by Gasteiger charge is 2.42. The number of hydrogen-bond acceptors (Lipinski definition) is 9. The zero-order chi connectivity index (χ0) is 35.8. The molecule has 0 radical (unpaired) electrons. The number of nitriles is 1. The average Bonchev–Trinajstić information content (AvgIpc) is 3.81. The molecule has 0 aliphatic carbocycles. The second-order valence-electron chi connectivity index (χ2n) is 12.1. The van der Waals surface area contributed by atoms with E-state index in [1.807, 2.05) is 18.2 Å². The maximum Gasteiger partial charge on any atom is 0.412 e. The number of nitrogens with one attached hydrogen (secondary N) is 2. The topological polar surface area (TPSA) is 138 Å². The SMILES string of the molecule is CCC(CC)NCc1ccccc1NC(=O)OC(C)c1ncn(C[C@](O)(c2cc(F)ccc2F)[C@@H](C)c2nc(-c3ccc(C#N)cc3)cs2)n1. The highest BCUT2D eigenvalue weighted by atomic mass is 32.1. The predicted molar refractivity (Wildman–Crippen MR) is 187 cm³/mol. The fraction of sp³-hybridized carbons (Fsp3) is 0.324. The molecule has 10 nitrogen and oxygen atoms in total. The molecule has 0 saturated carbocycles. The third kappa shape index (κ3) is 8.39. The molecule has 13 heteroatoms. The van der Waals surface area contributed by atoms with Gasteiger partial charge in [0, 0.05) is 40.7 Å². The molecular weight excluding hydrogens is 661 g/mol. The van der Waals surface area contributed by atoms with Crippen molar-refractivity contribution in [1.29, 1.82) is 5.26 Å². The Labute approximate surface area is 293 Å². The molecule has 5 rings (SSSR count). The van der Waals surface area contributed by atoms with Crippen molar-refractivity contribution in [1.82, 2.24) is 25.1 Å². The van der Waals surface area contributed by atoms with Crippen LogP contribution in [0.1, 0.15) is 80.1 Å². The van der Waals surface area contributed by atoms with Crippen molar-refractivity contribution in [2.24, 2.45) is 0 Å². The number of carbonyl (C=O) groups is 1. The fourth-order valence-electron chi connectivity index (χ4n) is 5.62. The summed E-state index contributed by atoms with van der Waals surface area (Å²) in [5.74, 6) is -2.20. The van der Waals surface area contributed by atoms with E-state index in [9.17, 15) is 14.3 Å². The van der Waals surface area contributed by atoms with Crippen molar-refractivity contribution in [3.63, 3.8) is 0 Å². The van der Waals surface area contributed by atoms with Gasteiger partial charge in [-0.1, -0.05) is 51.1 Å². The molecule has 5 aromatic rings. The third-order valence-corrected chi connectivity index (χ3v) is 9.77. The summed E-state index contributed by atoms with van der Waals surface area (Å²) in [7, 11) is 0. The molecule has 0 bridgehead atoms. The van der Waals surface area contributed by atoms with Gasteiger partial charge >= 0.3 is 6.09 Å². The number of benzene rings is 3. The summed E-state index contributed by atoms with van der Waals surface area (Å²) in [5, 5.41) is 34.4. The summed E-state index contributed by atoms with van der Waals surface area (Å²) >= 11 is 1.26. The monoisotopic (exact) mass is 699 g/mol. The Kier molecular flexibility index (Phi) is 11.7. The van der Waals surface area contributed by atoms with Crippen LogP contribution >= 0.6 is 11.3 Å². The molecule has 0 aliphatic rings. The zero-order valence-electron chi connectivity index (χ0n) is 28.2. The Balaban J connectivity index is 1.33. The summed E-state index contributed by atoms with van der Waals surface area (Å²) < 4.78 is 36.7. The van der Waals surface area contributed by atoms with Crippen LogP contribution in [-0.2, 0) is 23.4 Å². The first-order valence-electron chi connectivity index (χ1n) is 16.4. The minimum atomic E-state index is -2.02. The minimum Gasteiger partial charge on any atom is -0.438 e. The maximum absolute atomic E-state index is 15.3. The van der Waals surface area contributed by atoms with E-state index in [1.165, 1.54) is 22.3 Å². The Bertz CT molecular complexity index is 1950. The lowest BCUT2D eigenvalue weighted by Gasteiger charge is -2.33. The molecule has 2 aromatic heterocycles. The standard InChI is InChI=1S/C37H39F2N7O3S/c1-5-29(6-2)41-19-27-9-7-8-10-32(27)44-36(47)49-24(4)34-42-22-46(45-34)21-37(48,30-17-28(38)15-16-31(30)39)23(3)35-43-33(20-50-35)26-13-11-25(18-40)12-14-26/h7-17,20,22-24,29,41,48H,5-6,19,21H2,1-4H3,(H,44,47)/t23-,24?,37+/m0/s1. The maximum atomic E-state index is 15.3. The fourth-order valence-corrected chi connectivity index (χ4v) is 6.59. The van der Waals surface area contributed by atoms with Gasteiger partial charge in [-0.2, -0.15) is 10.4 Å². The van der Waals surface area contributed by atoms with Gasteiger partial charge in [0.2, 0.25) is 0 Å². The molecule has 3 N–H and O–H groups in total. The molecule has 0 aliphatic heterocycles. The van der Waals surface area contributed by atoms with Crippen molar-refractivity contribution < 1.29 is 23.4 Å². The molecule has 3 aromatic carbocycles. The number of para-hydroxylation sites is 1. The number of aromatic nitrogens is 4. The molecular formula is C37H39F2N7O3S. The highest BCUT2D eigenvalue weighted by Crippen LogP contribution is 2.41. The van der Waals surface area contributed by atoms with E-state index in [2.05, 4.69) is 40.6 Å². The normalized spacial score (nSPS) is 13.7. The third-order valence-electron chi connectivity index (χ3n) is 8.74. The summed E-state index contributed by atoms with van der Waals surface area (Å²) in [6, 6.07) is 19.7. The van der Waals surface area contributed by atoms with Crippen LogP contribution in [-0.4, -0.2) is 37.0 Å². The zero-order valence-corrected chi connectivity index (χ0v) is 29.0. The summed E-state index contributed by atoms with van der Waals surface area (Å²) in [5.41, 5.74) is 1.12. The van der Waals surface area contributed by atoms with Gasteiger partial charge in [-0.3, -0.25) is 5.32 Å². The Morgan fingerprint density at radius 2 is 1.84 bits per heavy atom. The van der Waals surface area contributed by atoms with E-state index >= 15 is 4.39 Å². The molecule has 3 atom stereocenters. The van der Waals surface area contributed by atoms with Gasteiger partial charge in [0.05, 0.1) is 28.9 Å². The van der Waals surface area contributed by atoms with E-state index in [4.69, 9.17) is 15.0 Å². The number of ether oxygens (including phenoxy) is 1. The number of amides is 1. The molecule has 0 fully saturated rings. The first-order valence-corrected chi connectivity index (χ1v) is 17.2. The van der Waals surface area contributed by atoms with Crippen molar-refractivity contribution in [2.45, 2.75) is 77.3 Å². The number of aliphatic hydroxyl groups is 1. The number of nitrogens with zero attached hydrogens (tertiary/aromatic N) is 5. The number of thiazole rings is 1. The van der Waals surface area contributed by atoms with Crippen molar-refractivity contribution in [2.75, 3.05) is 5.32 Å². The van der Waals surface area contributed by atoms with Crippen LogP contribution in [0.2, 0.25) is 0 Å². The first kappa shape index (κ1) is 36.3. The van der Waals surface area contributed by atoms with Crippen molar-refractivity contribution in [3.05, 3.63) is 118 Å². The van der Waals surface area contributed by atoms with Gasteiger partial charge in [-0.05, 0) is 61.7 Å². The second kappa shape index (κ2) is 16.1. The summed E-state index contributed by atoms with van der Waals surface area (Å²) in [4.78, 5) is 21.9. The molecule has 0 saturated heterocycles. The highest BCUT2D eigenvalue weighted by molar-refractivity contribution is 7.10. The average molecular weight is 700 g/mol. The molecule has 2 heterocycles. The van der Waals surface area contributed by atoms with Gasteiger partial charge < -0.3 is 15.2 Å². The molecule has 1 amide bonds. The van der Waals surface area contributed by atoms with Gasteiger partial charge in [-0.15, -0.1) is 11.3 Å². The van der Waals surface area contributed by atoms with Crippen LogP contribution in [0, 0.1) is 23.0 Å². The lowest BCUT2D eigenvalue weighted by Crippen LogP contribution is -2.38. The first-order chi connectivity index (χ1) is 24.0. The van der Waals surface area contributed by atoms with Crippen LogP contribution in [0.15, 0.2) is 78.4 Å². The van der Waals surface area contributed by atoms with Gasteiger partial charge in [0.25, 0.3) is 0 Å². The van der Waals surface area contributed by atoms with E-state index in [0.717, 1.165) is 42.2 Å². The van der Waals surface area contributed by atoms with Gasteiger partial charge in [-0.25, -0.2) is 28.2 Å². The van der Waals surface area contributed by atoms with E-state index in [0.29, 0.717) is 34.5 Å². The number of halogens is 2. The van der Waals surface area contributed by atoms with Crippen LogP contribution < -0.4 is 10.6 Å². The van der Waals surface area contributed by atoms with Crippen LogP contribution in [0.3, 0.4) is 0 Å². The Hall–Kier alpha value is -5.03. The smallest absolute Gasteiger partial charge is 0.412 e. The quantitative estimate of drug-likeness (QED) is 0.107.